The molecule has 7 nitrogen and oxygen atoms in total. The lowest BCUT2D eigenvalue weighted by Crippen LogP contribution is -2.46. The van der Waals surface area contributed by atoms with E-state index in [0.717, 1.165) is 77.1 Å². The predicted octanol–water partition coefficient (Wildman–Crippen LogP) is 0.572. The molecule has 0 aromatic carbocycles. The molecule has 3 fully saturated rings. The third kappa shape index (κ3) is 3.13. The smallest absolute Gasteiger partial charge is 0.227 e. The van der Waals surface area contributed by atoms with Crippen molar-refractivity contribution in [2.75, 3.05) is 69.3 Å². The molecule has 4 rings (SSSR count). The maximum Gasteiger partial charge on any atom is 0.227 e. The number of anilines is 2. The molecule has 3 saturated heterocycles. The molecular formula is C16H25N5O2. The van der Waals surface area contributed by atoms with Crippen LogP contribution in [0, 0.1) is 0 Å². The summed E-state index contributed by atoms with van der Waals surface area (Å²) in [5, 5.41) is 0. The van der Waals surface area contributed by atoms with Gasteiger partial charge in [0, 0.05) is 58.3 Å². The average Bonchev–Trinajstić information content (AvgIpc) is 3.04. The van der Waals surface area contributed by atoms with Gasteiger partial charge in [0.05, 0.1) is 13.2 Å². The fourth-order valence-electron chi connectivity index (χ4n) is 3.54. The van der Waals surface area contributed by atoms with Crippen molar-refractivity contribution in [3.05, 3.63) is 12.3 Å². The van der Waals surface area contributed by atoms with Gasteiger partial charge in [0.2, 0.25) is 5.95 Å². The molecule has 0 unspecified atom stereocenters. The predicted molar refractivity (Wildman–Crippen MR) is 87.8 cm³/mol. The van der Waals surface area contributed by atoms with Crippen LogP contribution >= 0.6 is 0 Å². The zero-order valence-corrected chi connectivity index (χ0v) is 13.8. The molecule has 0 saturated carbocycles. The Morgan fingerprint density at radius 2 is 1.65 bits per heavy atom. The van der Waals surface area contributed by atoms with Gasteiger partial charge in [-0.2, -0.15) is 4.98 Å². The second-order valence-corrected chi connectivity index (χ2v) is 6.60. The van der Waals surface area contributed by atoms with Crippen molar-refractivity contribution in [2.45, 2.75) is 18.6 Å². The van der Waals surface area contributed by atoms with Crippen molar-refractivity contribution in [2.24, 2.45) is 0 Å². The summed E-state index contributed by atoms with van der Waals surface area (Å²) < 4.78 is 11.6. The van der Waals surface area contributed by atoms with E-state index in [1.165, 1.54) is 0 Å². The van der Waals surface area contributed by atoms with Crippen LogP contribution in [0.15, 0.2) is 12.3 Å². The van der Waals surface area contributed by atoms with Crippen LogP contribution in [0.1, 0.15) is 12.8 Å². The second kappa shape index (κ2) is 6.22. The molecule has 4 heterocycles. The minimum atomic E-state index is -0.342. The van der Waals surface area contributed by atoms with Crippen molar-refractivity contribution >= 4 is 11.8 Å². The van der Waals surface area contributed by atoms with E-state index in [2.05, 4.69) is 26.7 Å². The number of ether oxygens (including phenoxy) is 2. The molecule has 3 aliphatic rings. The van der Waals surface area contributed by atoms with Crippen LogP contribution < -0.4 is 9.80 Å². The van der Waals surface area contributed by atoms with Crippen LogP contribution in [-0.4, -0.2) is 80.2 Å². The highest BCUT2D eigenvalue weighted by molar-refractivity contribution is 5.44. The minimum absolute atomic E-state index is 0.342. The Morgan fingerprint density at radius 1 is 0.957 bits per heavy atom. The van der Waals surface area contributed by atoms with Gasteiger partial charge in [0.25, 0.3) is 0 Å². The third-order valence-electron chi connectivity index (χ3n) is 5.08. The lowest BCUT2D eigenvalue weighted by molar-refractivity contribution is -0.169. The second-order valence-electron chi connectivity index (χ2n) is 6.60. The Labute approximate surface area is 137 Å². The molecule has 23 heavy (non-hydrogen) atoms. The number of likely N-dealkylation sites (N-methyl/N-ethyl adjacent to an activating group) is 1. The van der Waals surface area contributed by atoms with Crippen LogP contribution in [-0.2, 0) is 9.47 Å². The summed E-state index contributed by atoms with van der Waals surface area (Å²) in [6, 6.07) is 2.02. The molecule has 126 valence electrons. The molecule has 1 aromatic rings. The molecule has 0 amide bonds. The molecule has 7 heteroatoms. The van der Waals surface area contributed by atoms with E-state index in [1.54, 1.807) is 0 Å². The summed E-state index contributed by atoms with van der Waals surface area (Å²) >= 11 is 0. The maximum atomic E-state index is 5.79. The van der Waals surface area contributed by atoms with E-state index >= 15 is 0 Å². The van der Waals surface area contributed by atoms with E-state index in [-0.39, 0.29) is 5.79 Å². The normalized spacial score (nSPS) is 25.3. The molecule has 0 N–H and O–H groups in total. The summed E-state index contributed by atoms with van der Waals surface area (Å²) in [5.41, 5.74) is 0. The van der Waals surface area contributed by atoms with Crippen LogP contribution in [0.4, 0.5) is 11.8 Å². The number of aromatic nitrogens is 2. The van der Waals surface area contributed by atoms with Gasteiger partial charge in [-0.1, -0.05) is 0 Å². The first-order valence-electron chi connectivity index (χ1n) is 8.54. The summed E-state index contributed by atoms with van der Waals surface area (Å²) in [6.07, 6.45) is 3.65. The topological polar surface area (TPSA) is 54.0 Å². The van der Waals surface area contributed by atoms with Crippen molar-refractivity contribution in [1.82, 2.24) is 14.9 Å². The number of rotatable bonds is 2. The maximum absolute atomic E-state index is 5.79. The van der Waals surface area contributed by atoms with Gasteiger partial charge in [-0.3, -0.25) is 0 Å². The Bertz CT molecular complexity index is 531. The largest absolute Gasteiger partial charge is 0.354 e. The number of nitrogens with zero attached hydrogens (tertiary/aromatic N) is 5. The Kier molecular flexibility index (Phi) is 4.09. The van der Waals surface area contributed by atoms with Crippen molar-refractivity contribution in [3.63, 3.8) is 0 Å². The first-order valence-corrected chi connectivity index (χ1v) is 8.54. The summed E-state index contributed by atoms with van der Waals surface area (Å²) in [5.74, 6) is 1.52. The van der Waals surface area contributed by atoms with E-state index < -0.39 is 0 Å². The minimum Gasteiger partial charge on any atom is -0.354 e. The molecule has 1 spiro atoms. The Hall–Kier alpha value is -1.44. The molecule has 0 aliphatic carbocycles. The van der Waals surface area contributed by atoms with Crippen molar-refractivity contribution in [3.8, 4) is 0 Å². The summed E-state index contributed by atoms with van der Waals surface area (Å²) in [6.45, 7) is 7.42. The van der Waals surface area contributed by atoms with Gasteiger partial charge in [0.15, 0.2) is 5.79 Å². The standard InChI is InChI=1S/C16H25N5O2/c1-19-8-10-20(11-9-19)14-2-5-17-15(18-14)21-6-3-16(4-7-21)22-12-13-23-16/h2,5H,3-4,6-13H2,1H3. The van der Waals surface area contributed by atoms with Crippen LogP contribution in [0.25, 0.3) is 0 Å². The van der Waals surface area contributed by atoms with E-state index in [9.17, 15) is 0 Å². The van der Waals surface area contributed by atoms with Gasteiger partial charge in [-0.25, -0.2) is 4.98 Å². The van der Waals surface area contributed by atoms with Gasteiger partial charge in [-0.15, -0.1) is 0 Å². The molecule has 0 bridgehead atoms. The van der Waals surface area contributed by atoms with Crippen molar-refractivity contribution in [1.29, 1.82) is 0 Å². The fourth-order valence-corrected chi connectivity index (χ4v) is 3.54. The molecule has 0 atom stereocenters. The summed E-state index contributed by atoms with van der Waals surface area (Å²) in [7, 11) is 2.17. The molecule has 3 aliphatic heterocycles. The SMILES string of the molecule is CN1CCN(c2ccnc(N3CCC4(CC3)OCCO4)n2)CC1. The Balaban J connectivity index is 1.42. The zero-order chi connectivity index (χ0) is 15.7. The highest BCUT2D eigenvalue weighted by Gasteiger charge is 2.40. The first-order chi connectivity index (χ1) is 11.2. The third-order valence-corrected chi connectivity index (χ3v) is 5.08. The lowest BCUT2D eigenvalue weighted by atomic mass is 10.0. The number of hydrogen-bond donors (Lipinski definition) is 0. The van der Waals surface area contributed by atoms with Crippen LogP contribution in [0.3, 0.4) is 0 Å². The molecule has 0 radical (unpaired) electrons. The van der Waals surface area contributed by atoms with Crippen molar-refractivity contribution < 1.29 is 9.47 Å². The highest BCUT2D eigenvalue weighted by atomic mass is 16.7. The lowest BCUT2D eigenvalue weighted by Gasteiger charge is -2.38. The van der Waals surface area contributed by atoms with Gasteiger partial charge < -0.3 is 24.2 Å². The van der Waals surface area contributed by atoms with E-state index in [4.69, 9.17) is 14.5 Å². The number of piperazine rings is 1. The van der Waals surface area contributed by atoms with E-state index in [0.29, 0.717) is 0 Å². The van der Waals surface area contributed by atoms with Crippen LogP contribution in [0.2, 0.25) is 0 Å². The fraction of sp³-hybridized carbons (Fsp3) is 0.750. The molecular weight excluding hydrogens is 294 g/mol. The number of hydrogen-bond acceptors (Lipinski definition) is 7. The van der Waals surface area contributed by atoms with E-state index in [1.807, 2.05) is 12.3 Å². The average molecular weight is 319 g/mol. The monoisotopic (exact) mass is 319 g/mol. The first kappa shape index (κ1) is 15.1. The van der Waals surface area contributed by atoms with Gasteiger partial charge in [0.1, 0.15) is 5.82 Å². The molecule has 1 aromatic heterocycles. The highest BCUT2D eigenvalue weighted by Crippen LogP contribution is 2.32. The van der Waals surface area contributed by atoms with Gasteiger partial charge >= 0.3 is 0 Å². The summed E-state index contributed by atoms with van der Waals surface area (Å²) in [4.78, 5) is 16.2. The quantitative estimate of drug-likeness (QED) is 0.790. The number of piperidine rings is 1. The Morgan fingerprint density at radius 3 is 2.35 bits per heavy atom. The van der Waals surface area contributed by atoms with Crippen LogP contribution in [0.5, 0.6) is 0 Å². The van der Waals surface area contributed by atoms with Gasteiger partial charge in [-0.05, 0) is 13.1 Å². The zero-order valence-electron chi connectivity index (χ0n) is 13.8.